The Morgan fingerprint density at radius 3 is 2.67 bits per heavy atom. The molecule has 1 amide bonds. The van der Waals surface area contributed by atoms with Crippen LogP contribution in [0.25, 0.3) is 0 Å². The minimum absolute atomic E-state index is 0.122. The van der Waals surface area contributed by atoms with Gasteiger partial charge in [0.25, 0.3) is 0 Å². The summed E-state index contributed by atoms with van der Waals surface area (Å²) in [5, 5.41) is 11.7. The van der Waals surface area contributed by atoms with E-state index in [1.165, 1.54) is 6.07 Å². The molecule has 0 aliphatic rings. The van der Waals surface area contributed by atoms with Gasteiger partial charge < -0.3 is 16.2 Å². The lowest BCUT2D eigenvalue weighted by Crippen LogP contribution is -2.12. The van der Waals surface area contributed by atoms with Gasteiger partial charge in [-0.2, -0.15) is 0 Å². The first-order chi connectivity index (χ1) is 8.54. The Bertz CT molecular complexity index is 444. The number of unbranched alkanes of at least 4 members (excludes halogenated alkanes) is 1. The van der Waals surface area contributed by atoms with Crippen LogP contribution in [-0.2, 0) is 4.79 Å². The van der Waals surface area contributed by atoms with Gasteiger partial charge in [0.15, 0.2) is 0 Å². The Labute approximate surface area is 106 Å². The Balaban J connectivity index is 2.65. The average molecular weight is 250 g/mol. The molecule has 1 aromatic rings. The number of benzene rings is 1. The first-order valence-electron chi connectivity index (χ1n) is 5.88. The normalized spacial score (nSPS) is 10.1. The highest BCUT2D eigenvalue weighted by Gasteiger charge is 2.09. The lowest BCUT2D eigenvalue weighted by atomic mass is 10.1. The molecular weight excluding hydrogens is 232 g/mol. The summed E-state index contributed by atoms with van der Waals surface area (Å²) in [4.78, 5) is 22.5. The number of carboxylic acid groups (broad SMARTS) is 1. The molecule has 0 saturated carbocycles. The summed E-state index contributed by atoms with van der Waals surface area (Å²) in [5.41, 5.74) is 6.72. The summed E-state index contributed by atoms with van der Waals surface area (Å²) in [6.45, 7) is 2.29. The van der Waals surface area contributed by atoms with E-state index in [9.17, 15) is 9.59 Å². The van der Waals surface area contributed by atoms with Crippen LogP contribution in [-0.4, -0.2) is 23.5 Å². The molecule has 0 fully saturated rings. The number of rotatable bonds is 6. The quantitative estimate of drug-likeness (QED) is 0.671. The third kappa shape index (κ3) is 4.18. The molecule has 0 aliphatic heterocycles. The molecule has 0 aliphatic carbocycles. The van der Waals surface area contributed by atoms with Gasteiger partial charge >= 0.3 is 5.97 Å². The van der Waals surface area contributed by atoms with Crippen LogP contribution in [0.5, 0.6) is 0 Å². The van der Waals surface area contributed by atoms with Crippen LogP contribution in [0.15, 0.2) is 18.2 Å². The number of anilines is 1. The number of nitrogens with one attached hydrogen (secondary N) is 1. The minimum atomic E-state index is -0.994. The first kappa shape index (κ1) is 14.2. The van der Waals surface area contributed by atoms with Crippen molar-refractivity contribution in [3.05, 3.63) is 29.3 Å². The van der Waals surface area contributed by atoms with Gasteiger partial charge in [-0.25, -0.2) is 4.79 Å². The number of carboxylic acids is 1. The fourth-order valence-electron chi connectivity index (χ4n) is 1.58. The summed E-state index contributed by atoms with van der Waals surface area (Å²) in [7, 11) is 0. The highest BCUT2D eigenvalue weighted by molar-refractivity contribution is 5.94. The van der Waals surface area contributed by atoms with Crippen molar-refractivity contribution in [1.82, 2.24) is 0 Å². The maximum atomic E-state index is 11.6. The molecule has 98 valence electrons. The molecule has 5 nitrogen and oxygen atoms in total. The topological polar surface area (TPSA) is 92.4 Å². The summed E-state index contributed by atoms with van der Waals surface area (Å²) in [6.07, 6.45) is 1.94. The zero-order chi connectivity index (χ0) is 13.5. The Morgan fingerprint density at radius 2 is 2.06 bits per heavy atom. The number of nitrogens with two attached hydrogens (primary N) is 1. The highest BCUT2D eigenvalue weighted by Crippen LogP contribution is 2.15. The molecule has 1 aromatic carbocycles. The largest absolute Gasteiger partial charge is 0.478 e. The van der Waals surface area contributed by atoms with Gasteiger partial charge in [0.05, 0.1) is 5.56 Å². The van der Waals surface area contributed by atoms with E-state index in [4.69, 9.17) is 10.8 Å². The number of amides is 1. The molecule has 0 unspecified atom stereocenters. The predicted molar refractivity (Wildman–Crippen MR) is 69.7 cm³/mol. The van der Waals surface area contributed by atoms with Gasteiger partial charge in [-0.15, -0.1) is 0 Å². The molecule has 0 atom stereocenters. The number of carbonyl (C=O) groups excluding carboxylic acids is 1. The monoisotopic (exact) mass is 250 g/mol. The maximum absolute atomic E-state index is 11.6. The van der Waals surface area contributed by atoms with Crippen LogP contribution >= 0.6 is 0 Å². The van der Waals surface area contributed by atoms with Crippen LogP contribution in [0.4, 0.5) is 5.69 Å². The highest BCUT2D eigenvalue weighted by atomic mass is 16.4. The fourth-order valence-corrected chi connectivity index (χ4v) is 1.58. The number of carbonyl (C=O) groups is 2. The lowest BCUT2D eigenvalue weighted by Gasteiger charge is -2.07. The van der Waals surface area contributed by atoms with Crippen LogP contribution < -0.4 is 11.1 Å². The smallest absolute Gasteiger partial charge is 0.336 e. The molecule has 5 heteroatoms. The standard InChI is InChI=1S/C13H18N2O3/c1-9-5-6-10(8-11(9)13(17)18)15-12(16)4-2-3-7-14/h5-6,8H,2-4,7,14H2,1H3,(H,15,16)(H,17,18). The van der Waals surface area contributed by atoms with Gasteiger partial charge in [-0.1, -0.05) is 6.07 Å². The van der Waals surface area contributed by atoms with E-state index in [1.807, 2.05) is 0 Å². The van der Waals surface area contributed by atoms with E-state index < -0.39 is 5.97 Å². The third-order valence-electron chi connectivity index (χ3n) is 2.61. The van der Waals surface area contributed by atoms with Crippen molar-refractivity contribution in [2.24, 2.45) is 5.73 Å². The molecule has 4 N–H and O–H groups in total. The van der Waals surface area contributed by atoms with E-state index in [1.54, 1.807) is 19.1 Å². The summed E-state index contributed by atoms with van der Waals surface area (Å²) in [6, 6.07) is 4.85. The van der Waals surface area contributed by atoms with Crippen molar-refractivity contribution < 1.29 is 14.7 Å². The van der Waals surface area contributed by atoms with Crippen LogP contribution in [0.2, 0.25) is 0 Å². The van der Waals surface area contributed by atoms with Gasteiger partial charge in [0.1, 0.15) is 0 Å². The second kappa shape index (κ2) is 6.76. The average Bonchev–Trinajstić information content (AvgIpc) is 2.31. The molecule has 0 heterocycles. The van der Waals surface area contributed by atoms with Crippen molar-refractivity contribution in [3.8, 4) is 0 Å². The summed E-state index contributed by atoms with van der Waals surface area (Å²) in [5.74, 6) is -1.12. The Kier molecular flexibility index (Phi) is 5.32. The Hall–Kier alpha value is -1.88. The number of hydrogen-bond acceptors (Lipinski definition) is 3. The van der Waals surface area contributed by atoms with Crippen molar-refractivity contribution in [2.75, 3.05) is 11.9 Å². The molecular formula is C13H18N2O3. The van der Waals surface area contributed by atoms with Crippen molar-refractivity contribution in [2.45, 2.75) is 26.2 Å². The van der Waals surface area contributed by atoms with Crippen molar-refractivity contribution in [1.29, 1.82) is 0 Å². The third-order valence-corrected chi connectivity index (χ3v) is 2.61. The van der Waals surface area contributed by atoms with Crippen LogP contribution in [0.3, 0.4) is 0 Å². The minimum Gasteiger partial charge on any atom is -0.478 e. The van der Waals surface area contributed by atoms with E-state index in [0.29, 0.717) is 24.2 Å². The van der Waals surface area contributed by atoms with E-state index in [-0.39, 0.29) is 11.5 Å². The first-order valence-corrected chi connectivity index (χ1v) is 5.88. The van der Waals surface area contributed by atoms with Crippen molar-refractivity contribution >= 4 is 17.6 Å². The van der Waals surface area contributed by atoms with Gasteiger partial charge in [-0.3, -0.25) is 4.79 Å². The lowest BCUT2D eigenvalue weighted by molar-refractivity contribution is -0.116. The zero-order valence-electron chi connectivity index (χ0n) is 10.4. The molecule has 18 heavy (non-hydrogen) atoms. The van der Waals surface area contributed by atoms with Gasteiger partial charge in [0.2, 0.25) is 5.91 Å². The van der Waals surface area contributed by atoms with Crippen LogP contribution in [0, 0.1) is 6.92 Å². The molecule has 0 aromatic heterocycles. The van der Waals surface area contributed by atoms with E-state index in [2.05, 4.69) is 5.32 Å². The van der Waals surface area contributed by atoms with Crippen LogP contribution in [0.1, 0.15) is 35.2 Å². The SMILES string of the molecule is Cc1ccc(NC(=O)CCCCN)cc1C(=O)O. The fraction of sp³-hybridized carbons (Fsp3) is 0.385. The Morgan fingerprint density at radius 1 is 1.33 bits per heavy atom. The number of aryl methyl sites for hydroxylation is 1. The van der Waals surface area contributed by atoms with Gasteiger partial charge in [0, 0.05) is 12.1 Å². The molecule has 0 bridgehead atoms. The van der Waals surface area contributed by atoms with Gasteiger partial charge in [-0.05, 0) is 44.0 Å². The molecule has 0 spiro atoms. The van der Waals surface area contributed by atoms with E-state index in [0.717, 1.165) is 12.8 Å². The predicted octanol–water partition coefficient (Wildman–Crippen LogP) is 1.76. The van der Waals surface area contributed by atoms with E-state index >= 15 is 0 Å². The maximum Gasteiger partial charge on any atom is 0.336 e. The molecule has 0 radical (unpaired) electrons. The zero-order valence-corrected chi connectivity index (χ0v) is 10.4. The summed E-state index contributed by atoms with van der Waals surface area (Å²) < 4.78 is 0. The summed E-state index contributed by atoms with van der Waals surface area (Å²) >= 11 is 0. The van der Waals surface area contributed by atoms with Crippen molar-refractivity contribution in [3.63, 3.8) is 0 Å². The number of aromatic carboxylic acids is 1. The second-order valence-electron chi connectivity index (χ2n) is 4.13. The molecule has 0 saturated heterocycles. The second-order valence-corrected chi connectivity index (χ2v) is 4.13. The number of hydrogen-bond donors (Lipinski definition) is 3. The molecule has 1 rings (SSSR count).